The lowest BCUT2D eigenvalue weighted by molar-refractivity contribution is -0.126. The molecular formula is C17H15NO5. The Morgan fingerprint density at radius 1 is 1.26 bits per heavy atom. The summed E-state index contributed by atoms with van der Waals surface area (Å²) in [6.07, 6.45) is 3.30. The first-order valence-corrected chi connectivity index (χ1v) is 7.40. The molecule has 4 atom stereocenters. The number of fused-ring (bicyclic) bond motifs is 5. The number of hydrogen-bond donors (Lipinski definition) is 0. The number of hydrogen-bond acceptors (Lipinski definition) is 5. The minimum absolute atomic E-state index is 0.197. The van der Waals surface area contributed by atoms with Gasteiger partial charge in [0.2, 0.25) is 11.8 Å². The molecule has 2 bridgehead atoms. The monoisotopic (exact) mass is 313 g/mol. The Balaban J connectivity index is 1.80. The summed E-state index contributed by atoms with van der Waals surface area (Å²) in [5, 5.41) is 0. The third-order valence-electron chi connectivity index (χ3n) is 4.88. The number of imide groups is 1. The maximum absolute atomic E-state index is 12.9. The van der Waals surface area contributed by atoms with Crippen molar-refractivity contribution >= 4 is 23.5 Å². The predicted molar refractivity (Wildman–Crippen MR) is 79.7 cm³/mol. The Bertz CT molecular complexity index is 770. The van der Waals surface area contributed by atoms with Gasteiger partial charge in [-0.15, -0.1) is 0 Å². The van der Waals surface area contributed by atoms with E-state index in [1.807, 2.05) is 19.1 Å². The molecule has 2 saturated heterocycles. The van der Waals surface area contributed by atoms with Gasteiger partial charge in [-0.2, -0.15) is 0 Å². The Labute approximate surface area is 132 Å². The van der Waals surface area contributed by atoms with Gasteiger partial charge in [-0.05, 0) is 19.1 Å². The van der Waals surface area contributed by atoms with Crippen LogP contribution in [-0.4, -0.2) is 36.6 Å². The van der Waals surface area contributed by atoms with E-state index in [9.17, 15) is 14.4 Å². The maximum Gasteiger partial charge on any atom is 0.339 e. The number of para-hydroxylation sites is 1. The fourth-order valence-electron chi connectivity index (χ4n) is 3.84. The molecule has 3 heterocycles. The highest BCUT2D eigenvalue weighted by Crippen LogP contribution is 2.52. The predicted octanol–water partition coefficient (Wildman–Crippen LogP) is 1.31. The van der Waals surface area contributed by atoms with Crippen LogP contribution in [0, 0.1) is 11.8 Å². The molecule has 0 N–H and O–H groups in total. The van der Waals surface area contributed by atoms with E-state index in [0.29, 0.717) is 0 Å². The van der Waals surface area contributed by atoms with E-state index in [1.54, 1.807) is 24.3 Å². The van der Waals surface area contributed by atoms with Crippen molar-refractivity contribution < 1.29 is 23.9 Å². The molecule has 6 heteroatoms. The van der Waals surface area contributed by atoms with Crippen molar-refractivity contribution in [3.8, 4) is 0 Å². The lowest BCUT2D eigenvalue weighted by Crippen LogP contribution is -2.39. The highest BCUT2D eigenvalue weighted by atomic mass is 16.5. The van der Waals surface area contributed by atoms with Crippen LogP contribution in [0.2, 0.25) is 0 Å². The standard InChI is InChI=1S/C17H15NO5/c1-17-8-7-11(23-17)12-13(17)15(20)18(14(12)19)10-6-4-3-5-9(10)16(21)22-2/h3-8,11-13H,1-2H3/t11-,12-,13-,17-/m1/s1. The van der Waals surface area contributed by atoms with Crippen molar-refractivity contribution in [3.05, 3.63) is 42.0 Å². The van der Waals surface area contributed by atoms with Gasteiger partial charge < -0.3 is 9.47 Å². The van der Waals surface area contributed by atoms with Crippen LogP contribution in [0.3, 0.4) is 0 Å². The van der Waals surface area contributed by atoms with E-state index in [1.165, 1.54) is 7.11 Å². The summed E-state index contributed by atoms with van der Waals surface area (Å²) < 4.78 is 10.5. The number of carbonyl (C=O) groups is 3. The molecule has 0 spiro atoms. The molecule has 0 radical (unpaired) electrons. The Morgan fingerprint density at radius 2 is 2.00 bits per heavy atom. The summed E-state index contributed by atoms with van der Waals surface area (Å²) in [7, 11) is 1.26. The fraction of sp³-hybridized carbons (Fsp3) is 0.353. The Morgan fingerprint density at radius 3 is 2.70 bits per heavy atom. The second-order valence-electron chi connectivity index (χ2n) is 6.15. The van der Waals surface area contributed by atoms with Gasteiger partial charge in [-0.1, -0.05) is 24.3 Å². The molecule has 0 aliphatic carbocycles. The van der Waals surface area contributed by atoms with E-state index in [0.717, 1.165) is 4.90 Å². The first-order valence-electron chi connectivity index (χ1n) is 7.40. The number of esters is 1. The van der Waals surface area contributed by atoms with Gasteiger partial charge in [0.1, 0.15) is 0 Å². The normalized spacial score (nSPS) is 34.2. The summed E-state index contributed by atoms with van der Waals surface area (Å²) in [4.78, 5) is 38.8. The van der Waals surface area contributed by atoms with E-state index >= 15 is 0 Å². The number of anilines is 1. The topological polar surface area (TPSA) is 72.9 Å². The van der Waals surface area contributed by atoms with Crippen LogP contribution in [0.5, 0.6) is 0 Å². The van der Waals surface area contributed by atoms with Crippen LogP contribution >= 0.6 is 0 Å². The molecule has 0 aromatic heterocycles. The minimum Gasteiger partial charge on any atom is -0.465 e. The highest BCUT2D eigenvalue weighted by Gasteiger charge is 2.66. The van der Waals surface area contributed by atoms with Crippen LogP contribution in [0.4, 0.5) is 5.69 Å². The van der Waals surface area contributed by atoms with Crippen LogP contribution in [0.15, 0.2) is 36.4 Å². The smallest absolute Gasteiger partial charge is 0.339 e. The second-order valence-corrected chi connectivity index (χ2v) is 6.15. The summed E-state index contributed by atoms with van der Waals surface area (Å²) in [5.74, 6) is -2.30. The maximum atomic E-state index is 12.9. The summed E-state index contributed by atoms with van der Waals surface area (Å²) in [6, 6.07) is 6.47. The average Bonchev–Trinajstić information content (AvgIpc) is 3.16. The average molecular weight is 313 g/mol. The lowest BCUT2D eigenvalue weighted by Gasteiger charge is -2.24. The summed E-state index contributed by atoms with van der Waals surface area (Å²) >= 11 is 0. The van der Waals surface area contributed by atoms with Gasteiger partial charge in [0.25, 0.3) is 0 Å². The Hall–Kier alpha value is -2.47. The van der Waals surface area contributed by atoms with Crippen molar-refractivity contribution in [2.24, 2.45) is 11.8 Å². The lowest BCUT2D eigenvalue weighted by atomic mass is 9.78. The van der Waals surface area contributed by atoms with Gasteiger partial charge in [0, 0.05) is 0 Å². The van der Waals surface area contributed by atoms with E-state index in [4.69, 9.17) is 9.47 Å². The van der Waals surface area contributed by atoms with Crippen molar-refractivity contribution in [1.29, 1.82) is 0 Å². The molecule has 2 amide bonds. The molecule has 0 unspecified atom stereocenters. The van der Waals surface area contributed by atoms with E-state index in [-0.39, 0.29) is 29.2 Å². The molecule has 3 aliphatic heterocycles. The molecule has 1 aromatic rings. The van der Waals surface area contributed by atoms with Crippen molar-refractivity contribution in [1.82, 2.24) is 0 Å². The largest absolute Gasteiger partial charge is 0.465 e. The molecule has 23 heavy (non-hydrogen) atoms. The molecule has 0 saturated carbocycles. The van der Waals surface area contributed by atoms with E-state index in [2.05, 4.69) is 0 Å². The number of amides is 2. The SMILES string of the molecule is COC(=O)c1ccccc1N1C(=O)[C@@H]2[C@H]3C=C[C@@](C)(O3)[C@H]2C1=O. The zero-order valence-electron chi connectivity index (χ0n) is 12.7. The number of methoxy groups -OCH3 is 1. The third kappa shape index (κ3) is 1.69. The van der Waals surface area contributed by atoms with Crippen molar-refractivity contribution in [2.45, 2.75) is 18.6 Å². The van der Waals surface area contributed by atoms with Crippen LogP contribution < -0.4 is 4.90 Å². The number of carbonyl (C=O) groups excluding carboxylic acids is 3. The molecule has 6 nitrogen and oxygen atoms in total. The van der Waals surface area contributed by atoms with Gasteiger partial charge >= 0.3 is 5.97 Å². The van der Waals surface area contributed by atoms with Gasteiger partial charge in [0.05, 0.1) is 41.9 Å². The second kappa shape index (κ2) is 4.52. The zero-order valence-corrected chi connectivity index (χ0v) is 12.7. The fourth-order valence-corrected chi connectivity index (χ4v) is 3.84. The third-order valence-corrected chi connectivity index (χ3v) is 4.88. The first-order chi connectivity index (χ1) is 11.0. The summed E-state index contributed by atoms with van der Waals surface area (Å²) in [6.45, 7) is 1.81. The number of benzene rings is 1. The first kappa shape index (κ1) is 14.1. The molecule has 4 rings (SSSR count). The summed E-state index contributed by atoms with van der Waals surface area (Å²) in [5.41, 5.74) is -0.286. The van der Waals surface area contributed by atoms with Crippen molar-refractivity contribution in [2.75, 3.05) is 12.0 Å². The van der Waals surface area contributed by atoms with Crippen LogP contribution in [-0.2, 0) is 19.1 Å². The highest BCUT2D eigenvalue weighted by molar-refractivity contribution is 6.25. The quantitative estimate of drug-likeness (QED) is 0.467. The molecule has 2 fully saturated rings. The molecule has 1 aromatic carbocycles. The molecular weight excluding hydrogens is 298 g/mol. The minimum atomic E-state index is -0.753. The van der Waals surface area contributed by atoms with Gasteiger partial charge in [-0.25, -0.2) is 9.69 Å². The Kier molecular flexibility index (Phi) is 2.78. The number of nitrogens with zero attached hydrogens (tertiary/aromatic N) is 1. The number of rotatable bonds is 2. The van der Waals surface area contributed by atoms with Gasteiger partial charge in [-0.3, -0.25) is 9.59 Å². The van der Waals surface area contributed by atoms with Gasteiger partial charge in [0.15, 0.2) is 0 Å². The molecule has 118 valence electrons. The molecule has 3 aliphatic rings. The van der Waals surface area contributed by atoms with Crippen LogP contribution in [0.1, 0.15) is 17.3 Å². The van der Waals surface area contributed by atoms with Crippen LogP contribution in [0.25, 0.3) is 0 Å². The van der Waals surface area contributed by atoms with Crippen molar-refractivity contribution in [3.63, 3.8) is 0 Å². The zero-order chi connectivity index (χ0) is 16.4. The number of ether oxygens (including phenoxy) is 2. The van der Waals surface area contributed by atoms with E-state index < -0.39 is 23.4 Å².